The topological polar surface area (TPSA) is 131 Å². The largest absolute Gasteiger partial charge is 0.449 e. The first-order valence-corrected chi connectivity index (χ1v) is 11.0. The zero-order valence-corrected chi connectivity index (χ0v) is 18.3. The van der Waals surface area contributed by atoms with E-state index >= 15 is 0 Å². The minimum Gasteiger partial charge on any atom is -0.449 e. The van der Waals surface area contributed by atoms with E-state index in [4.69, 9.17) is 26.8 Å². The number of allylic oxidation sites excluding steroid dienone is 1. The zero-order valence-electron chi connectivity index (χ0n) is 17.5. The van der Waals surface area contributed by atoms with E-state index in [-0.39, 0.29) is 17.9 Å². The molecule has 2 aliphatic heterocycles. The van der Waals surface area contributed by atoms with Gasteiger partial charge in [0.1, 0.15) is 16.7 Å². The lowest BCUT2D eigenvalue weighted by molar-refractivity contribution is -0.116. The summed E-state index contributed by atoms with van der Waals surface area (Å²) in [4.78, 5) is 32.3. The molecule has 170 valence electrons. The van der Waals surface area contributed by atoms with Crippen molar-refractivity contribution in [2.75, 3.05) is 30.5 Å². The molecular formula is C22H26ClN5O4. The number of nitrogens with two attached hydrogens (primary N) is 1. The van der Waals surface area contributed by atoms with Crippen LogP contribution in [0.4, 0.5) is 16.2 Å². The average molecular weight is 460 g/mol. The van der Waals surface area contributed by atoms with Crippen molar-refractivity contribution in [3.63, 3.8) is 0 Å². The number of carbonyl (C=O) groups excluding carboxylic acids is 2. The van der Waals surface area contributed by atoms with Crippen molar-refractivity contribution in [2.45, 2.75) is 31.7 Å². The van der Waals surface area contributed by atoms with Crippen molar-refractivity contribution in [2.24, 2.45) is 11.7 Å². The molecule has 1 aromatic heterocycles. The third-order valence-electron chi connectivity index (χ3n) is 5.39. The minimum atomic E-state index is -0.566. The minimum absolute atomic E-state index is 0.160. The molecule has 0 radical (unpaired) electrons. The van der Waals surface area contributed by atoms with Crippen LogP contribution < -0.4 is 16.4 Å². The Labute approximate surface area is 190 Å². The van der Waals surface area contributed by atoms with Crippen LogP contribution in [0.3, 0.4) is 0 Å². The molecule has 1 aromatic carbocycles. The number of benzene rings is 1. The number of nitrogens with zero attached hydrogens (tertiary/aromatic N) is 1. The molecule has 0 saturated carbocycles. The first kappa shape index (κ1) is 22.3. The fourth-order valence-corrected chi connectivity index (χ4v) is 3.86. The lowest BCUT2D eigenvalue weighted by atomic mass is 10.1. The van der Waals surface area contributed by atoms with Gasteiger partial charge in [-0.25, -0.2) is 9.78 Å². The molecule has 2 aliphatic rings. The van der Waals surface area contributed by atoms with Crippen LogP contribution in [0.15, 0.2) is 30.4 Å². The van der Waals surface area contributed by atoms with Crippen LogP contribution >= 0.6 is 11.6 Å². The van der Waals surface area contributed by atoms with Crippen LogP contribution in [0, 0.1) is 5.92 Å². The van der Waals surface area contributed by atoms with Gasteiger partial charge < -0.3 is 25.5 Å². The van der Waals surface area contributed by atoms with Crippen LogP contribution in [0.25, 0.3) is 11.3 Å². The highest BCUT2D eigenvalue weighted by Crippen LogP contribution is 2.35. The van der Waals surface area contributed by atoms with Crippen molar-refractivity contribution >= 4 is 35.0 Å². The smallest absolute Gasteiger partial charge is 0.411 e. The lowest BCUT2D eigenvalue weighted by Gasteiger charge is -2.14. The van der Waals surface area contributed by atoms with Gasteiger partial charge in [0, 0.05) is 30.2 Å². The molecule has 32 heavy (non-hydrogen) atoms. The number of aromatic nitrogens is 2. The second kappa shape index (κ2) is 10.2. The average Bonchev–Trinajstić information content (AvgIpc) is 3.41. The number of carbonyl (C=O) groups is 2. The Morgan fingerprint density at radius 2 is 2.25 bits per heavy atom. The Kier molecular flexibility index (Phi) is 7.09. The van der Waals surface area contributed by atoms with Crippen LogP contribution in [0.5, 0.6) is 0 Å². The first-order chi connectivity index (χ1) is 15.5. The molecule has 4 rings (SSSR count). The third-order valence-corrected chi connectivity index (χ3v) is 5.67. The van der Waals surface area contributed by atoms with Gasteiger partial charge in [0.2, 0.25) is 5.91 Å². The number of aromatic amines is 1. The van der Waals surface area contributed by atoms with Crippen LogP contribution in [0.1, 0.15) is 37.5 Å². The molecule has 9 nitrogen and oxygen atoms in total. The quantitative estimate of drug-likeness (QED) is 0.513. The van der Waals surface area contributed by atoms with Gasteiger partial charge in [-0.05, 0) is 37.5 Å². The summed E-state index contributed by atoms with van der Waals surface area (Å²) in [7, 11) is 0. The van der Waals surface area contributed by atoms with Gasteiger partial charge in [-0.15, -0.1) is 0 Å². The number of imidazole rings is 1. The number of anilines is 2. The van der Waals surface area contributed by atoms with Gasteiger partial charge in [-0.1, -0.05) is 23.8 Å². The number of rotatable bonds is 3. The summed E-state index contributed by atoms with van der Waals surface area (Å²) >= 11 is 6.40. The number of ether oxygens (including phenoxy) is 2. The summed E-state index contributed by atoms with van der Waals surface area (Å²) in [6, 6.07) is 4.76. The highest BCUT2D eigenvalue weighted by Gasteiger charge is 2.21. The van der Waals surface area contributed by atoms with Crippen molar-refractivity contribution in [3.05, 3.63) is 41.3 Å². The second-order valence-electron chi connectivity index (χ2n) is 7.90. The number of hydrogen-bond acceptors (Lipinski definition) is 6. The van der Waals surface area contributed by atoms with E-state index in [0.717, 1.165) is 6.42 Å². The molecule has 2 atom stereocenters. The Balaban J connectivity index is 1.57. The second-order valence-corrected chi connectivity index (χ2v) is 8.28. The molecule has 10 heteroatoms. The number of fused-ring (bicyclic) bond motifs is 4. The van der Waals surface area contributed by atoms with Gasteiger partial charge in [0.15, 0.2) is 0 Å². The number of H-pyrrole nitrogens is 1. The van der Waals surface area contributed by atoms with E-state index in [1.54, 1.807) is 18.2 Å². The van der Waals surface area contributed by atoms with Crippen LogP contribution in [-0.2, 0) is 14.3 Å². The summed E-state index contributed by atoms with van der Waals surface area (Å²) in [5.74, 6) is 0.622. The Morgan fingerprint density at radius 3 is 3.06 bits per heavy atom. The normalized spacial score (nSPS) is 22.0. The maximum Gasteiger partial charge on any atom is 0.411 e. The van der Waals surface area contributed by atoms with E-state index in [2.05, 4.69) is 20.6 Å². The summed E-state index contributed by atoms with van der Waals surface area (Å²) in [6.07, 6.45) is 5.65. The van der Waals surface area contributed by atoms with E-state index in [1.165, 1.54) is 0 Å². The maximum atomic E-state index is 12.5. The highest BCUT2D eigenvalue weighted by molar-refractivity contribution is 6.32. The molecule has 3 heterocycles. The standard InChI is InChI=1S/C22H26ClN5O4/c23-20-19-15-7-6-14(25-22(30)32-12-13-8-9-31-11-13)10-17(15)26-18(29)5-3-1-2-4-16(24)21(27-19)28-20/h1-2,6-7,10,13,16H,3-5,8-9,11-12,24H2,(H,25,30)(H,26,29)(H,27,28)/b2-1+. The van der Waals surface area contributed by atoms with Gasteiger partial charge in [0.05, 0.1) is 24.9 Å². The van der Waals surface area contributed by atoms with Gasteiger partial charge in [0.25, 0.3) is 0 Å². The van der Waals surface area contributed by atoms with Crippen LogP contribution in [-0.4, -0.2) is 41.8 Å². The predicted octanol–water partition coefficient (Wildman–Crippen LogP) is 3.99. The molecule has 0 aliphatic carbocycles. The summed E-state index contributed by atoms with van der Waals surface area (Å²) in [5.41, 5.74) is 8.27. The molecule has 2 aromatic rings. The monoisotopic (exact) mass is 459 g/mol. The van der Waals surface area contributed by atoms with Crippen LogP contribution in [0.2, 0.25) is 5.15 Å². The Bertz CT molecular complexity index is 1020. The molecule has 2 bridgehead atoms. The summed E-state index contributed by atoms with van der Waals surface area (Å²) in [6.45, 7) is 1.59. The lowest BCUT2D eigenvalue weighted by Crippen LogP contribution is -2.19. The molecule has 0 spiro atoms. The molecule has 2 amide bonds. The summed E-state index contributed by atoms with van der Waals surface area (Å²) in [5, 5.41) is 5.93. The molecule has 5 N–H and O–H groups in total. The van der Waals surface area contributed by atoms with E-state index in [9.17, 15) is 9.59 Å². The zero-order chi connectivity index (χ0) is 22.5. The van der Waals surface area contributed by atoms with Crippen molar-refractivity contribution in [3.8, 4) is 11.3 Å². The van der Waals surface area contributed by atoms with Crippen molar-refractivity contribution < 1.29 is 19.1 Å². The summed E-state index contributed by atoms with van der Waals surface area (Å²) < 4.78 is 10.6. The molecule has 1 saturated heterocycles. The van der Waals surface area contributed by atoms with E-state index < -0.39 is 6.09 Å². The van der Waals surface area contributed by atoms with Crippen molar-refractivity contribution in [1.29, 1.82) is 0 Å². The predicted molar refractivity (Wildman–Crippen MR) is 121 cm³/mol. The number of amides is 2. The first-order valence-electron chi connectivity index (χ1n) is 10.6. The van der Waals surface area contributed by atoms with Gasteiger partial charge in [-0.2, -0.15) is 0 Å². The Morgan fingerprint density at radius 1 is 1.38 bits per heavy atom. The number of nitrogens with one attached hydrogen (secondary N) is 3. The molecular weight excluding hydrogens is 434 g/mol. The fraction of sp³-hybridized carbons (Fsp3) is 0.409. The van der Waals surface area contributed by atoms with Gasteiger partial charge >= 0.3 is 6.09 Å². The fourth-order valence-electron chi connectivity index (χ4n) is 3.62. The van der Waals surface area contributed by atoms with E-state index in [0.29, 0.717) is 72.7 Å². The third kappa shape index (κ3) is 5.48. The highest BCUT2D eigenvalue weighted by atomic mass is 35.5. The molecule has 2 unspecified atom stereocenters. The Hall–Kier alpha value is -2.88. The van der Waals surface area contributed by atoms with Crippen molar-refractivity contribution in [1.82, 2.24) is 9.97 Å². The number of hydrogen-bond donors (Lipinski definition) is 4. The maximum absolute atomic E-state index is 12.5. The molecule has 1 fully saturated rings. The van der Waals surface area contributed by atoms with E-state index in [1.807, 2.05) is 12.2 Å². The van der Waals surface area contributed by atoms with Gasteiger partial charge in [-0.3, -0.25) is 10.1 Å². The SMILES string of the molecule is NC1C/C=C/CCC(=O)Nc2cc(NC(=O)OCC3CCOC3)ccc2-c2nc1[nH]c2Cl. The number of halogens is 1.